The molecule has 0 saturated heterocycles. The summed E-state index contributed by atoms with van der Waals surface area (Å²) in [6, 6.07) is 1.58. The van der Waals surface area contributed by atoms with E-state index in [4.69, 9.17) is 10.4 Å². The summed E-state index contributed by atoms with van der Waals surface area (Å²) in [5, 5.41) is 16.8. The van der Waals surface area contributed by atoms with Crippen LogP contribution >= 0.6 is 0 Å². The average molecular weight is 192 g/mol. The molecule has 4 nitrogen and oxygen atoms in total. The Balaban J connectivity index is 4.28. The number of carboxylic acid groups (broad SMARTS) is 1. The molecule has 0 saturated carbocycles. The molecule has 0 rings (SSSR count). The van der Waals surface area contributed by atoms with E-state index >= 15 is 0 Å². The van der Waals surface area contributed by atoms with Gasteiger partial charge in [0, 0.05) is 14.1 Å². The van der Waals surface area contributed by atoms with Crippen molar-refractivity contribution in [3.63, 3.8) is 0 Å². The molecule has 0 amide bonds. The van der Waals surface area contributed by atoms with Gasteiger partial charge in [0.25, 0.3) is 0 Å². The van der Waals surface area contributed by atoms with Crippen molar-refractivity contribution in [2.75, 3.05) is 14.1 Å². The highest BCUT2D eigenvalue weighted by molar-refractivity contribution is 5.91. The van der Waals surface area contributed by atoms with Gasteiger partial charge in [0.1, 0.15) is 11.6 Å². The Morgan fingerprint density at radius 3 is 2.43 bits per heavy atom. The highest BCUT2D eigenvalue weighted by atomic mass is 16.4. The maximum absolute atomic E-state index is 10.4. The van der Waals surface area contributed by atoms with Crippen LogP contribution in [-0.2, 0) is 4.79 Å². The standard InChI is InChI=1S/C10H12N2O2/c1-12(2)7-5-3-4-6-9(8-11)10(13)14/h3-7H,1-2H3,(H,13,14). The second-order valence-electron chi connectivity index (χ2n) is 2.69. The Morgan fingerprint density at radius 1 is 1.36 bits per heavy atom. The van der Waals surface area contributed by atoms with Gasteiger partial charge in [-0.05, 0) is 18.4 Å². The Morgan fingerprint density at radius 2 is 2.00 bits per heavy atom. The van der Waals surface area contributed by atoms with Crippen LogP contribution in [-0.4, -0.2) is 30.1 Å². The van der Waals surface area contributed by atoms with E-state index in [0.29, 0.717) is 0 Å². The smallest absolute Gasteiger partial charge is 0.346 e. The average Bonchev–Trinajstić information content (AvgIpc) is 2.10. The summed E-state index contributed by atoms with van der Waals surface area (Å²) in [5.41, 5.74) is -0.278. The minimum atomic E-state index is -1.21. The van der Waals surface area contributed by atoms with Crippen molar-refractivity contribution in [1.82, 2.24) is 4.90 Å². The zero-order chi connectivity index (χ0) is 11.0. The summed E-state index contributed by atoms with van der Waals surface area (Å²) < 4.78 is 0. The highest BCUT2D eigenvalue weighted by Crippen LogP contribution is 1.92. The molecule has 0 aliphatic carbocycles. The van der Waals surface area contributed by atoms with Gasteiger partial charge in [-0.25, -0.2) is 4.79 Å². The van der Waals surface area contributed by atoms with E-state index in [1.54, 1.807) is 24.4 Å². The Kier molecular flexibility index (Phi) is 5.55. The largest absolute Gasteiger partial charge is 0.477 e. The fourth-order valence-electron chi connectivity index (χ4n) is 0.594. The van der Waals surface area contributed by atoms with Crippen molar-refractivity contribution >= 4 is 5.97 Å². The normalized spacial score (nSPS) is 11.9. The molecule has 0 aromatic carbocycles. The lowest BCUT2D eigenvalue weighted by atomic mass is 10.2. The van der Waals surface area contributed by atoms with Crippen molar-refractivity contribution in [2.24, 2.45) is 0 Å². The number of nitrogens with zero attached hydrogens (tertiary/aromatic N) is 2. The van der Waals surface area contributed by atoms with Crippen molar-refractivity contribution in [2.45, 2.75) is 0 Å². The lowest BCUT2D eigenvalue weighted by Gasteiger charge is -2.00. The van der Waals surface area contributed by atoms with Gasteiger partial charge in [0.05, 0.1) is 0 Å². The van der Waals surface area contributed by atoms with E-state index < -0.39 is 5.97 Å². The minimum Gasteiger partial charge on any atom is -0.477 e. The third-order valence-corrected chi connectivity index (χ3v) is 1.22. The molecule has 0 aromatic rings. The fraction of sp³-hybridized carbons (Fsp3) is 0.200. The molecule has 0 fully saturated rings. The Hall–Kier alpha value is -2.02. The van der Waals surface area contributed by atoms with Crippen LogP contribution in [0.1, 0.15) is 0 Å². The zero-order valence-corrected chi connectivity index (χ0v) is 8.14. The lowest BCUT2D eigenvalue weighted by molar-refractivity contribution is -0.132. The molecule has 0 heterocycles. The van der Waals surface area contributed by atoms with Crippen LogP contribution in [0, 0.1) is 11.3 Å². The first-order chi connectivity index (χ1) is 6.57. The first-order valence-corrected chi connectivity index (χ1v) is 3.93. The summed E-state index contributed by atoms with van der Waals surface area (Å²) in [7, 11) is 3.75. The van der Waals surface area contributed by atoms with Crippen molar-refractivity contribution < 1.29 is 9.90 Å². The third-order valence-electron chi connectivity index (χ3n) is 1.22. The maximum Gasteiger partial charge on any atom is 0.346 e. The molecular formula is C10H12N2O2. The maximum atomic E-state index is 10.4. The predicted molar refractivity (Wildman–Crippen MR) is 53.3 cm³/mol. The molecule has 74 valence electrons. The molecule has 0 unspecified atom stereocenters. The van der Waals surface area contributed by atoms with Crippen LogP contribution in [0.3, 0.4) is 0 Å². The number of carboxylic acids is 1. The van der Waals surface area contributed by atoms with E-state index in [2.05, 4.69) is 0 Å². The van der Waals surface area contributed by atoms with E-state index in [9.17, 15) is 4.79 Å². The van der Waals surface area contributed by atoms with E-state index in [1.165, 1.54) is 12.2 Å². The fourth-order valence-corrected chi connectivity index (χ4v) is 0.594. The second kappa shape index (κ2) is 6.49. The number of hydrogen-bond donors (Lipinski definition) is 1. The van der Waals surface area contributed by atoms with Crippen molar-refractivity contribution in [3.8, 4) is 6.07 Å². The van der Waals surface area contributed by atoms with Crippen LogP contribution in [0.2, 0.25) is 0 Å². The van der Waals surface area contributed by atoms with E-state index in [0.717, 1.165) is 0 Å². The van der Waals surface area contributed by atoms with Crippen LogP contribution < -0.4 is 0 Å². The molecule has 0 spiro atoms. The summed E-state index contributed by atoms with van der Waals surface area (Å²) in [6.07, 6.45) is 7.96. The van der Waals surface area contributed by atoms with Gasteiger partial charge >= 0.3 is 5.97 Å². The SMILES string of the molecule is CN(C)C=CC=CC=C(C#N)C(=O)O. The van der Waals surface area contributed by atoms with Crippen LogP contribution in [0.15, 0.2) is 36.1 Å². The van der Waals surface area contributed by atoms with Gasteiger partial charge in [-0.15, -0.1) is 0 Å². The Labute approximate surface area is 83.1 Å². The number of rotatable bonds is 4. The van der Waals surface area contributed by atoms with Crippen molar-refractivity contribution in [1.29, 1.82) is 5.26 Å². The molecule has 0 aliphatic heterocycles. The number of aliphatic carboxylic acids is 1. The lowest BCUT2D eigenvalue weighted by Crippen LogP contribution is -1.99. The van der Waals surface area contributed by atoms with Crippen LogP contribution in [0.4, 0.5) is 0 Å². The van der Waals surface area contributed by atoms with Gasteiger partial charge in [0.15, 0.2) is 0 Å². The summed E-state index contributed by atoms with van der Waals surface area (Å²) in [5.74, 6) is -1.21. The number of allylic oxidation sites excluding steroid dienone is 4. The molecule has 0 bridgehead atoms. The quantitative estimate of drug-likeness (QED) is 0.412. The van der Waals surface area contributed by atoms with Gasteiger partial charge in [-0.1, -0.05) is 12.2 Å². The van der Waals surface area contributed by atoms with Crippen molar-refractivity contribution in [3.05, 3.63) is 36.1 Å². The molecule has 0 aromatic heterocycles. The van der Waals surface area contributed by atoms with Gasteiger partial charge in [-0.3, -0.25) is 0 Å². The third kappa shape index (κ3) is 5.61. The molecule has 14 heavy (non-hydrogen) atoms. The topological polar surface area (TPSA) is 64.3 Å². The number of hydrogen-bond acceptors (Lipinski definition) is 3. The first-order valence-electron chi connectivity index (χ1n) is 3.93. The number of carbonyl (C=O) groups is 1. The van der Waals surface area contributed by atoms with Gasteiger partial charge in [0.2, 0.25) is 0 Å². The van der Waals surface area contributed by atoms with Gasteiger partial charge in [-0.2, -0.15) is 5.26 Å². The number of nitriles is 1. The van der Waals surface area contributed by atoms with Gasteiger partial charge < -0.3 is 10.0 Å². The molecule has 1 N–H and O–H groups in total. The molecular weight excluding hydrogens is 180 g/mol. The summed E-state index contributed by atoms with van der Waals surface area (Å²) >= 11 is 0. The zero-order valence-electron chi connectivity index (χ0n) is 8.14. The van der Waals surface area contributed by atoms with E-state index in [-0.39, 0.29) is 5.57 Å². The minimum absolute atomic E-state index is 0.278. The molecule has 0 atom stereocenters. The monoisotopic (exact) mass is 192 g/mol. The molecule has 4 heteroatoms. The van der Waals surface area contributed by atoms with Crippen LogP contribution in [0.5, 0.6) is 0 Å². The first kappa shape index (κ1) is 12.0. The van der Waals surface area contributed by atoms with E-state index in [1.807, 2.05) is 19.0 Å². The second-order valence-corrected chi connectivity index (χ2v) is 2.69. The summed E-state index contributed by atoms with van der Waals surface area (Å²) in [4.78, 5) is 12.2. The molecule has 0 radical (unpaired) electrons. The Bertz CT molecular complexity index is 320. The predicted octanol–water partition coefficient (Wildman–Crippen LogP) is 1.15. The molecule has 0 aliphatic rings. The van der Waals surface area contributed by atoms with Crippen LogP contribution in [0.25, 0.3) is 0 Å². The highest BCUT2D eigenvalue weighted by Gasteiger charge is 2.01. The summed E-state index contributed by atoms with van der Waals surface area (Å²) in [6.45, 7) is 0.